The SMILES string of the molecule is CN(CCCCCCOc1ccc(C(=O)c2ccc(Br)cc2)cc1)CC1CC1.O=C(O)/C=C/C(=O)O. The van der Waals surface area contributed by atoms with E-state index >= 15 is 0 Å². The lowest BCUT2D eigenvalue weighted by Gasteiger charge is -2.15. The summed E-state index contributed by atoms with van der Waals surface area (Å²) in [5, 5.41) is 15.6. The number of rotatable bonds is 14. The van der Waals surface area contributed by atoms with Crippen LogP contribution >= 0.6 is 15.9 Å². The van der Waals surface area contributed by atoms with E-state index in [2.05, 4.69) is 27.9 Å². The lowest BCUT2D eigenvalue weighted by atomic mass is 10.0. The minimum absolute atomic E-state index is 0.0331. The van der Waals surface area contributed by atoms with Gasteiger partial charge in [-0.15, -0.1) is 0 Å². The van der Waals surface area contributed by atoms with Gasteiger partial charge in [-0.25, -0.2) is 9.59 Å². The van der Waals surface area contributed by atoms with E-state index in [1.54, 1.807) is 0 Å². The van der Waals surface area contributed by atoms with Crippen molar-refractivity contribution < 1.29 is 29.3 Å². The maximum Gasteiger partial charge on any atom is 0.328 e. The molecule has 0 heterocycles. The van der Waals surface area contributed by atoms with Gasteiger partial charge in [0.2, 0.25) is 0 Å². The Labute approximate surface area is 220 Å². The average molecular weight is 560 g/mol. The second-order valence-corrected chi connectivity index (χ2v) is 9.75. The molecular formula is C28H34BrNO6. The van der Waals surface area contributed by atoms with Crippen LogP contribution < -0.4 is 4.74 Å². The molecule has 2 aromatic carbocycles. The number of carbonyl (C=O) groups is 3. The first kappa shape index (κ1) is 29.3. The number of hydrogen-bond acceptors (Lipinski definition) is 5. The third kappa shape index (κ3) is 12.7. The zero-order chi connectivity index (χ0) is 26.3. The molecule has 36 heavy (non-hydrogen) atoms. The van der Waals surface area contributed by atoms with Crippen molar-refractivity contribution in [1.29, 1.82) is 0 Å². The highest BCUT2D eigenvalue weighted by Crippen LogP contribution is 2.29. The molecule has 0 radical (unpaired) electrons. The maximum absolute atomic E-state index is 12.5. The summed E-state index contributed by atoms with van der Waals surface area (Å²) < 4.78 is 6.79. The Morgan fingerprint density at radius 1 is 0.889 bits per heavy atom. The number of carboxylic acids is 2. The summed E-state index contributed by atoms with van der Waals surface area (Å²) in [7, 11) is 2.24. The van der Waals surface area contributed by atoms with E-state index in [0.29, 0.717) is 23.3 Å². The minimum atomic E-state index is -1.26. The molecule has 0 aromatic heterocycles. The van der Waals surface area contributed by atoms with Crippen LogP contribution in [-0.2, 0) is 9.59 Å². The van der Waals surface area contributed by atoms with Crippen molar-refractivity contribution in [1.82, 2.24) is 4.90 Å². The van der Waals surface area contributed by atoms with Crippen LogP contribution in [0.5, 0.6) is 5.75 Å². The Balaban J connectivity index is 0.000000493. The molecule has 0 atom stereocenters. The Kier molecular flexibility index (Phi) is 12.9. The summed E-state index contributed by atoms with van der Waals surface area (Å²) >= 11 is 3.39. The molecule has 0 unspecified atom stereocenters. The molecule has 1 aliphatic rings. The van der Waals surface area contributed by atoms with Gasteiger partial charge in [-0.05, 0) is 93.7 Å². The monoisotopic (exact) mass is 559 g/mol. The average Bonchev–Trinajstić information content (AvgIpc) is 3.67. The Morgan fingerprint density at radius 3 is 1.94 bits per heavy atom. The van der Waals surface area contributed by atoms with Crippen molar-refractivity contribution in [3.8, 4) is 5.75 Å². The van der Waals surface area contributed by atoms with Gasteiger partial charge in [0, 0.05) is 34.3 Å². The van der Waals surface area contributed by atoms with Gasteiger partial charge in [-0.1, -0.05) is 28.8 Å². The summed E-state index contributed by atoms with van der Waals surface area (Å²) in [5.41, 5.74) is 1.38. The largest absolute Gasteiger partial charge is 0.494 e. The van der Waals surface area contributed by atoms with E-state index in [1.165, 1.54) is 45.2 Å². The van der Waals surface area contributed by atoms with Gasteiger partial charge >= 0.3 is 11.9 Å². The summed E-state index contributed by atoms with van der Waals surface area (Å²) in [4.78, 5) is 34.1. The van der Waals surface area contributed by atoms with Crippen LogP contribution in [0, 0.1) is 5.92 Å². The number of carboxylic acid groups (broad SMARTS) is 2. The van der Waals surface area contributed by atoms with Crippen LogP contribution in [0.1, 0.15) is 54.4 Å². The first-order chi connectivity index (χ1) is 17.2. The third-order valence-corrected chi connectivity index (χ3v) is 6.09. The zero-order valence-electron chi connectivity index (χ0n) is 20.6. The molecule has 7 nitrogen and oxygen atoms in total. The second kappa shape index (κ2) is 15.9. The van der Waals surface area contributed by atoms with E-state index in [1.807, 2.05) is 48.5 Å². The number of hydrogen-bond donors (Lipinski definition) is 2. The highest BCUT2D eigenvalue weighted by Gasteiger charge is 2.22. The fourth-order valence-corrected chi connectivity index (χ4v) is 3.74. The first-order valence-electron chi connectivity index (χ1n) is 12.1. The van der Waals surface area contributed by atoms with Crippen molar-refractivity contribution in [3.05, 3.63) is 76.3 Å². The molecule has 2 aromatic rings. The van der Waals surface area contributed by atoms with Crippen LogP contribution in [0.3, 0.4) is 0 Å². The smallest absolute Gasteiger partial charge is 0.328 e. The molecule has 0 amide bonds. The standard InChI is InChI=1S/C24H30BrNO2.C4H4O4/c1-26(18-19-6-7-19)16-4-2-3-5-17-28-23-14-10-21(11-15-23)24(27)20-8-12-22(25)13-9-20;5-3(6)1-2-4(7)8/h8-15,19H,2-7,16-18H2,1H3;1-2H,(H,5,6)(H,7,8)/b;2-1+. The molecule has 3 rings (SSSR count). The second-order valence-electron chi connectivity index (χ2n) is 8.84. The molecule has 1 fully saturated rings. The number of halogens is 1. The molecule has 1 aliphatic carbocycles. The van der Waals surface area contributed by atoms with Crippen molar-refractivity contribution in [2.24, 2.45) is 5.92 Å². The Bertz CT molecular complexity index is 984. The summed E-state index contributed by atoms with van der Waals surface area (Å²) in [6.45, 7) is 3.23. The summed E-state index contributed by atoms with van der Waals surface area (Å²) in [6, 6.07) is 14.9. The number of aliphatic carboxylic acids is 2. The van der Waals surface area contributed by atoms with Crippen molar-refractivity contribution in [2.45, 2.75) is 38.5 Å². The van der Waals surface area contributed by atoms with E-state index in [-0.39, 0.29) is 5.78 Å². The van der Waals surface area contributed by atoms with E-state index in [0.717, 1.165) is 29.2 Å². The molecule has 0 spiro atoms. The normalized spacial score (nSPS) is 12.8. The van der Waals surface area contributed by atoms with E-state index in [4.69, 9.17) is 14.9 Å². The van der Waals surface area contributed by atoms with Crippen LogP contribution in [0.4, 0.5) is 0 Å². The van der Waals surface area contributed by atoms with E-state index < -0.39 is 11.9 Å². The zero-order valence-corrected chi connectivity index (χ0v) is 22.2. The molecule has 2 N–H and O–H groups in total. The van der Waals surface area contributed by atoms with Crippen LogP contribution in [0.2, 0.25) is 0 Å². The van der Waals surface area contributed by atoms with Gasteiger partial charge in [0.15, 0.2) is 5.78 Å². The van der Waals surface area contributed by atoms with Gasteiger partial charge < -0.3 is 19.8 Å². The van der Waals surface area contributed by atoms with Crippen molar-refractivity contribution in [3.63, 3.8) is 0 Å². The summed E-state index contributed by atoms with van der Waals surface area (Å²) in [6.07, 6.45) is 8.80. The lowest BCUT2D eigenvalue weighted by molar-refractivity contribution is -0.134. The van der Waals surface area contributed by atoms with Gasteiger partial charge in [-0.3, -0.25) is 4.79 Å². The van der Waals surface area contributed by atoms with Gasteiger partial charge in [0.05, 0.1) is 6.61 Å². The van der Waals surface area contributed by atoms with Crippen molar-refractivity contribution >= 4 is 33.7 Å². The highest BCUT2D eigenvalue weighted by molar-refractivity contribution is 9.10. The topological polar surface area (TPSA) is 104 Å². The number of nitrogens with zero attached hydrogens (tertiary/aromatic N) is 1. The number of unbranched alkanes of at least 4 members (excludes halogenated alkanes) is 3. The molecule has 0 saturated heterocycles. The molecular weight excluding hydrogens is 526 g/mol. The Morgan fingerprint density at radius 2 is 1.42 bits per heavy atom. The quantitative estimate of drug-likeness (QED) is 0.174. The van der Waals surface area contributed by atoms with Crippen LogP contribution in [-0.4, -0.2) is 59.6 Å². The van der Waals surface area contributed by atoms with E-state index in [9.17, 15) is 14.4 Å². The predicted molar refractivity (Wildman–Crippen MR) is 143 cm³/mol. The number of benzene rings is 2. The minimum Gasteiger partial charge on any atom is -0.494 e. The van der Waals surface area contributed by atoms with Crippen LogP contribution in [0.25, 0.3) is 0 Å². The lowest BCUT2D eigenvalue weighted by Crippen LogP contribution is -2.22. The number of carbonyl (C=O) groups excluding carboxylic acids is 1. The molecule has 0 bridgehead atoms. The summed E-state index contributed by atoms with van der Waals surface area (Å²) in [5.74, 6) is -0.669. The highest BCUT2D eigenvalue weighted by atomic mass is 79.9. The first-order valence-corrected chi connectivity index (χ1v) is 12.9. The predicted octanol–water partition coefficient (Wildman–Crippen LogP) is 5.67. The third-order valence-electron chi connectivity index (χ3n) is 5.56. The Hall–Kier alpha value is -2.97. The number of ketones is 1. The molecule has 8 heteroatoms. The fourth-order valence-electron chi connectivity index (χ4n) is 3.47. The molecule has 194 valence electrons. The molecule has 0 aliphatic heterocycles. The molecule has 1 saturated carbocycles. The number of ether oxygens (including phenoxy) is 1. The maximum atomic E-state index is 12.5. The van der Waals surface area contributed by atoms with Crippen molar-refractivity contribution in [2.75, 3.05) is 26.7 Å². The van der Waals surface area contributed by atoms with Gasteiger partial charge in [0.25, 0.3) is 0 Å². The van der Waals surface area contributed by atoms with Gasteiger partial charge in [-0.2, -0.15) is 0 Å². The fraction of sp³-hybridized carbons (Fsp3) is 0.393. The van der Waals surface area contributed by atoms with Gasteiger partial charge in [0.1, 0.15) is 5.75 Å². The van der Waals surface area contributed by atoms with Crippen LogP contribution in [0.15, 0.2) is 65.2 Å².